The van der Waals surface area contributed by atoms with Gasteiger partial charge in [0.05, 0.1) is 11.4 Å². The molecule has 1 atom stereocenters. The van der Waals surface area contributed by atoms with Gasteiger partial charge in [-0.05, 0) is 0 Å². The van der Waals surface area contributed by atoms with Crippen LogP contribution in [0.25, 0.3) is 0 Å². The van der Waals surface area contributed by atoms with E-state index in [0.29, 0.717) is 0 Å². The van der Waals surface area contributed by atoms with Gasteiger partial charge >= 0.3 is 0 Å². The monoisotopic (exact) mass is 234 g/mol. The Bertz CT molecular complexity index is 29.9. The second kappa shape index (κ2) is 5.65. The predicted molar refractivity (Wildman–Crippen MR) is 11.5 cm³/mol. The van der Waals surface area contributed by atoms with Crippen LogP contribution in [0.5, 0.6) is 0 Å². The van der Waals surface area contributed by atoms with Crippen molar-refractivity contribution in [1.29, 1.82) is 0 Å². The van der Waals surface area contributed by atoms with Crippen LogP contribution >= 0.6 is 0 Å². The Morgan fingerprint density at radius 1 is 1.80 bits per heavy atom. The summed E-state index contributed by atoms with van der Waals surface area (Å²) in [5, 5.41) is 0. The summed E-state index contributed by atoms with van der Waals surface area (Å²) in [5.41, 5.74) is 0. The molecule has 1 radical (unpaired) electrons. The van der Waals surface area contributed by atoms with Gasteiger partial charge in [-0.2, -0.15) is 0 Å². The van der Waals surface area contributed by atoms with Gasteiger partial charge in [0.1, 0.15) is 0 Å². The number of hydrogen-bond donors (Lipinski definition) is 1. The van der Waals surface area contributed by atoms with Crippen LogP contribution in [0.3, 0.4) is 0 Å². The van der Waals surface area contributed by atoms with E-state index < -0.39 is 11.4 Å². The molecule has 0 aliphatic heterocycles. The first-order valence-corrected chi connectivity index (χ1v) is 1.55. The van der Waals surface area contributed by atoms with Crippen molar-refractivity contribution in [3.05, 3.63) is 0 Å². The average molecular weight is 233 g/mol. The van der Waals surface area contributed by atoms with E-state index in [2.05, 4.69) is 0 Å². The maximum absolute atomic E-state index is 8.56. The van der Waals surface area contributed by atoms with Crippen LogP contribution in [0.4, 0.5) is 0 Å². The van der Waals surface area contributed by atoms with Crippen LogP contribution < -0.4 is 0 Å². The summed E-state index contributed by atoms with van der Waals surface area (Å²) in [4.78, 5) is 0. The van der Waals surface area contributed by atoms with Gasteiger partial charge in [-0.15, -0.1) is 0 Å². The minimum atomic E-state index is -2.86. The van der Waals surface area contributed by atoms with Crippen LogP contribution in [-0.2, 0) is 11.4 Å². The van der Waals surface area contributed by atoms with Gasteiger partial charge in [0.15, 0.2) is 0 Å². The second-order valence-electron chi connectivity index (χ2n) is 0.217. The van der Waals surface area contributed by atoms with Gasteiger partial charge in [-0.1, -0.05) is 0 Å². The van der Waals surface area contributed by atoms with Gasteiger partial charge in [0.25, 0.3) is 0 Å². The molecule has 1 unspecified atom stereocenters. The van der Waals surface area contributed by atoms with Crippen molar-refractivity contribution in [3.63, 3.8) is 0 Å². The van der Waals surface area contributed by atoms with E-state index in [4.69, 9.17) is 13.3 Å². The van der Waals surface area contributed by atoms with Gasteiger partial charge in [0.2, 0.25) is 0 Å². The first kappa shape index (κ1) is 9.82. The van der Waals surface area contributed by atoms with Crippen LogP contribution in [0.1, 0.15) is 0 Å². The van der Waals surface area contributed by atoms with Crippen LogP contribution in [0, 0.1) is 49.4 Å². The standard InChI is InChI=1S/Eu.H2O3S/c;1-4(2)3/h;(H2,1,2,3)/p-1. The van der Waals surface area contributed by atoms with E-state index in [0.717, 1.165) is 0 Å². The van der Waals surface area contributed by atoms with Gasteiger partial charge in [0, 0.05) is 49.4 Å². The third-order valence-electron chi connectivity index (χ3n) is 0. The first-order chi connectivity index (χ1) is 1.73. The van der Waals surface area contributed by atoms with E-state index in [9.17, 15) is 0 Å². The Labute approximate surface area is 72.8 Å². The Morgan fingerprint density at radius 3 is 1.80 bits per heavy atom. The SMILES string of the molecule is O=S([O-])O.[Eu]. The molecule has 0 rings (SSSR count). The zero-order chi connectivity index (χ0) is 3.58. The summed E-state index contributed by atoms with van der Waals surface area (Å²) < 4.78 is 24.1. The molecular weight excluding hydrogens is 232 g/mol. The molecule has 0 spiro atoms. The molecule has 5 heteroatoms. The number of hydrogen-bond acceptors (Lipinski definition) is 2. The second-order valence-corrected chi connectivity index (χ2v) is 0.651. The van der Waals surface area contributed by atoms with E-state index in [-0.39, 0.29) is 49.4 Å². The summed E-state index contributed by atoms with van der Waals surface area (Å²) in [5.74, 6) is 0. The molecule has 0 aliphatic carbocycles. The smallest absolute Gasteiger partial charge is 0.0814 e. The Morgan fingerprint density at radius 2 is 1.80 bits per heavy atom. The zero-order valence-electron chi connectivity index (χ0n) is 2.05. The Balaban J connectivity index is 0. The Kier molecular flexibility index (Phi) is 11.1. The molecule has 3 nitrogen and oxygen atoms in total. The van der Waals surface area contributed by atoms with Gasteiger partial charge < -0.3 is 9.11 Å². The minimum absolute atomic E-state index is 0. The largest absolute Gasteiger partial charge is 0.750 e. The van der Waals surface area contributed by atoms with Crippen molar-refractivity contribution in [3.8, 4) is 0 Å². The molecule has 0 aliphatic rings. The van der Waals surface area contributed by atoms with Crippen molar-refractivity contribution in [2.24, 2.45) is 0 Å². The average Bonchev–Trinajstić information content (AvgIpc) is 0.811. The third-order valence-corrected chi connectivity index (χ3v) is 0. The molecule has 5 heavy (non-hydrogen) atoms. The van der Waals surface area contributed by atoms with E-state index in [1.807, 2.05) is 0 Å². The molecule has 1 N–H and O–H groups in total. The molecule has 0 aromatic heterocycles. The van der Waals surface area contributed by atoms with Crippen LogP contribution in [0.2, 0.25) is 0 Å². The van der Waals surface area contributed by atoms with Crippen LogP contribution in [-0.4, -0.2) is 13.3 Å². The molecule has 0 amide bonds. The van der Waals surface area contributed by atoms with E-state index in [1.54, 1.807) is 0 Å². The molecule has 33 valence electrons. The van der Waals surface area contributed by atoms with Crippen molar-refractivity contribution < 1.29 is 62.7 Å². The van der Waals surface area contributed by atoms with Crippen molar-refractivity contribution in [2.45, 2.75) is 0 Å². The van der Waals surface area contributed by atoms with Crippen molar-refractivity contribution >= 4 is 11.4 Å². The maximum atomic E-state index is 8.56. The molecular formula is HEuO3S-. The van der Waals surface area contributed by atoms with E-state index >= 15 is 0 Å². The third kappa shape index (κ3) is 27.6. The summed E-state index contributed by atoms with van der Waals surface area (Å²) in [6.07, 6.45) is 0. The Hall–Kier alpha value is 1.65. The van der Waals surface area contributed by atoms with Crippen molar-refractivity contribution in [2.75, 3.05) is 0 Å². The topological polar surface area (TPSA) is 60.4 Å². The first-order valence-electron chi connectivity index (χ1n) is 0.516. The quantitative estimate of drug-likeness (QED) is 0.565. The summed E-state index contributed by atoms with van der Waals surface area (Å²) in [6, 6.07) is 0. The summed E-state index contributed by atoms with van der Waals surface area (Å²) in [6.45, 7) is 0. The molecule has 0 saturated carbocycles. The molecule has 0 heterocycles. The van der Waals surface area contributed by atoms with Crippen molar-refractivity contribution in [1.82, 2.24) is 0 Å². The predicted octanol–water partition coefficient (Wildman–Crippen LogP) is -0.661. The summed E-state index contributed by atoms with van der Waals surface area (Å²) in [7, 11) is 0. The molecule has 0 bridgehead atoms. The fraction of sp³-hybridized carbons (Fsp3) is 0. The molecule has 0 aromatic rings. The zero-order valence-corrected chi connectivity index (χ0v) is 5.29. The molecule has 0 fully saturated rings. The van der Waals surface area contributed by atoms with Gasteiger partial charge in [-0.3, -0.25) is 0 Å². The maximum Gasteiger partial charge on any atom is 0.0814 e. The van der Waals surface area contributed by atoms with Gasteiger partial charge in [-0.25, -0.2) is 4.21 Å². The minimum Gasteiger partial charge on any atom is -0.750 e. The van der Waals surface area contributed by atoms with E-state index in [1.165, 1.54) is 0 Å². The molecule has 0 saturated heterocycles. The fourth-order valence-corrected chi connectivity index (χ4v) is 0. The fourth-order valence-electron chi connectivity index (χ4n) is 0. The normalized spacial score (nSPS) is 12.4. The molecule has 0 aromatic carbocycles. The van der Waals surface area contributed by atoms with Crippen LogP contribution in [0.15, 0.2) is 0 Å². The summed E-state index contributed by atoms with van der Waals surface area (Å²) >= 11 is -2.86. The number of rotatable bonds is 0.